The average Bonchev–Trinajstić information content (AvgIpc) is 2.79. The van der Waals surface area contributed by atoms with Gasteiger partial charge in [0.1, 0.15) is 0 Å². The number of nitrogens with one attached hydrogen (secondary N) is 1. The molecule has 0 fully saturated rings. The molecule has 3 aromatic rings. The van der Waals surface area contributed by atoms with E-state index in [1.807, 2.05) is 6.07 Å². The van der Waals surface area contributed by atoms with Gasteiger partial charge in [0.15, 0.2) is 0 Å². The van der Waals surface area contributed by atoms with E-state index >= 15 is 0 Å². The molecule has 5 heteroatoms. The molecule has 0 bridgehead atoms. The van der Waals surface area contributed by atoms with E-state index in [9.17, 15) is 0 Å². The molecule has 0 spiro atoms. The van der Waals surface area contributed by atoms with E-state index in [0.717, 1.165) is 13.1 Å². The molecular formula is C15H12Br2N2S. The monoisotopic (exact) mass is 410 g/mol. The van der Waals surface area contributed by atoms with Crippen LogP contribution in [0.3, 0.4) is 0 Å². The lowest BCUT2D eigenvalue weighted by molar-refractivity contribution is 0.641. The van der Waals surface area contributed by atoms with E-state index in [0.29, 0.717) is 0 Å². The molecule has 0 aliphatic carbocycles. The summed E-state index contributed by atoms with van der Waals surface area (Å²) in [6.07, 6.45) is 0. The summed E-state index contributed by atoms with van der Waals surface area (Å²) in [5, 5.41) is 2.43. The van der Waals surface area contributed by atoms with E-state index < -0.39 is 0 Å². The maximum atomic E-state index is 5.82. The maximum Gasteiger partial charge on any atom is 0.0762 e. The fraction of sp³-hybridized carbons (Fsp3) is 0.0667. The van der Waals surface area contributed by atoms with Crippen molar-refractivity contribution in [2.75, 3.05) is 0 Å². The zero-order valence-corrected chi connectivity index (χ0v) is 14.4. The van der Waals surface area contributed by atoms with Crippen LogP contribution in [-0.2, 0) is 0 Å². The van der Waals surface area contributed by atoms with Crippen LogP contribution in [0.4, 0.5) is 0 Å². The van der Waals surface area contributed by atoms with E-state index in [1.165, 1.54) is 16.3 Å². The minimum atomic E-state index is -0.0435. The summed E-state index contributed by atoms with van der Waals surface area (Å²) in [7, 11) is 0. The normalized spacial score (nSPS) is 12.8. The third-order valence-electron chi connectivity index (χ3n) is 3.30. The first-order valence-electron chi connectivity index (χ1n) is 6.09. The van der Waals surface area contributed by atoms with Gasteiger partial charge >= 0.3 is 0 Å². The number of benzene rings is 2. The summed E-state index contributed by atoms with van der Waals surface area (Å²) in [6, 6.07) is 16.7. The van der Waals surface area contributed by atoms with Crippen LogP contribution < -0.4 is 11.3 Å². The summed E-state index contributed by atoms with van der Waals surface area (Å²) in [6.45, 7) is 0. The largest absolute Gasteiger partial charge is 0.271 e. The van der Waals surface area contributed by atoms with Crippen molar-refractivity contribution in [3.8, 4) is 0 Å². The lowest BCUT2D eigenvalue weighted by Gasteiger charge is -2.18. The number of rotatable bonds is 3. The van der Waals surface area contributed by atoms with Crippen LogP contribution in [0.1, 0.15) is 17.2 Å². The fourth-order valence-electron chi connectivity index (χ4n) is 2.40. The molecule has 2 nitrogen and oxygen atoms in total. The summed E-state index contributed by atoms with van der Waals surface area (Å²) >= 11 is 8.79. The number of fused-ring (bicyclic) bond motifs is 1. The van der Waals surface area contributed by atoms with E-state index in [4.69, 9.17) is 5.84 Å². The Hall–Kier alpha value is -0.720. The minimum absolute atomic E-state index is 0.0435. The van der Waals surface area contributed by atoms with Gasteiger partial charge in [-0.2, -0.15) is 0 Å². The number of thiophene rings is 1. The molecule has 1 atom stereocenters. The second kappa shape index (κ2) is 5.95. The summed E-state index contributed by atoms with van der Waals surface area (Å²) in [5.41, 5.74) is 5.25. The molecule has 0 saturated carbocycles. The van der Waals surface area contributed by atoms with E-state index in [1.54, 1.807) is 11.3 Å². The topological polar surface area (TPSA) is 38.0 Å². The quantitative estimate of drug-likeness (QED) is 0.471. The smallest absolute Gasteiger partial charge is 0.0762 e. The number of halogens is 2. The molecule has 0 aliphatic rings. The van der Waals surface area contributed by atoms with Gasteiger partial charge < -0.3 is 0 Å². The minimum Gasteiger partial charge on any atom is -0.271 e. The second-order valence-electron chi connectivity index (χ2n) is 4.45. The van der Waals surface area contributed by atoms with Crippen LogP contribution in [-0.4, -0.2) is 0 Å². The molecule has 3 N–H and O–H groups in total. The van der Waals surface area contributed by atoms with Crippen LogP contribution in [0, 0.1) is 0 Å². The maximum absolute atomic E-state index is 5.82. The van der Waals surface area contributed by atoms with Crippen LogP contribution in [0.15, 0.2) is 56.1 Å². The van der Waals surface area contributed by atoms with Gasteiger partial charge in [0.05, 0.1) is 13.6 Å². The van der Waals surface area contributed by atoms with Crippen molar-refractivity contribution in [3.05, 3.63) is 67.2 Å². The Morgan fingerprint density at radius 2 is 1.75 bits per heavy atom. The van der Waals surface area contributed by atoms with Gasteiger partial charge in [-0.05, 0) is 54.3 Å². The van der Waals surface area contributed by atoms with Crippen LogP contribution in [0.2, 0.25) is 0 Å². The lowest BCUT2D eigenvalue weighted by atomic mass is 9.96. The van der Waals surface area contributed by atoms with Crippen molar-refractivity contribution in [1.82, 2.24) is 5.43 Å². The SMILES string of the molecule is NNC(c1cc(Br)sc1Br)c1cccc2ccccc12. The molecule has 0 aliphatic heterocycles. The van der Waals surface area contributed by atoms with Crippen molar-refractivity contribution >= 4 is 54.0 Å². The van der Waals surface area contributed by atoms with Crippen molar-refractivity contribution in [2.45, 2.75) is 6.04 Å². The van der Waals surface area contributed by atoms with Gasteiger partial charge in [-0.1, -0.05) is 42.5 Å². The van der Waals surface area contributed by atoms with Gasteiger partial charge in [0, 0.05) is 5.56 Å². The second-order valence-corrected chi connectivity index (χ2v) is 8.20. The van der Waals surface area contributed by atoms with Crippen molar-refractivity contribution < 1.29 is 0 Å². The van der Waals surface area contributed by atoms with Gasteiger partial charge in [0.25, 0.3) is 0 Å². The Balaban J connectivity index is 2.19. The summed E-state index contributed by atoms with van der Waals surface area (Å²) < 4.78 is 2.17. The van der Waals surface area contributed by atoms with Gasteiger partial charge in [0.2, 0.25) is 0 Å². The first-order valence-corrected chi connectivity index (χ1v) is 8.49. The molecule has 2 aromatic carbocycles. The van der Waals surface area contributed by atoms with E-state index in [-0.39, 0.29) is 6.04 Å². The first-order chi connectivity index (χ1) is 9.70. The molecular weight excluding hydrogens is 400 g/mol. The molecule has 1 aromatic heterocycles. The highest BCUT2D eigenvalue weighted by molar-refractivity contribution is 9.12. The first kappa shape index (κ1) is 14.2. The zero-order valence-electron chi connectivity index (χ0n) is 10.4. The Kier molecular flexibility index (Phi) is 4.23. The lowest BCUT2D eigenvalue weighted by Crippen LogP contribution is -2.28. The van der Waals surface area contributed by atoms with Crippen molar-refractivity contribution in [3.63, 3.8) is 0 Å². The number of hydrazine groups is 1. The molecule has 102 valence electrons. The van der Waals surface area contributed by atoms with Gasteiger partial charge in [-0.15, -0.1) is 11.3 Å². The molecule has 20 heavy (non-hydrogen) atoms. The fourth-order valence-corrected chi connectivity index (χ4v) is 5.30. The van der Waals surface area contributed by atoms with Gasteiger partial charge in [-0.3, -0.25) is 5.84 Å². The molecule has 0 saturated heterocycles. The summed E-state index contributed by atoms with van der Waals surface area (Å²) in [4.78, 5) is 0. The number of hydrogen-bond acceptors (Lipinski definition) is 3. The zero-order chi connectivity index (χ0) is 14.1. The predicted octanol–water partition coefficient (Wildman–Crippen LogP) is 4.98. The molecule has 0 amide bonds. The molecule has 0 radical (unpaired) electrons. The molecule has 1 heterocycles. The highest BCUT2D eigenvalue weighted by atomic mass is 79.9. The van der Waals surface area contributed by atoms with Crippen LogP contribution in [0.5, 0.6) is 0 Å². The molecule has 3 rings (SSSR count). The van der Waals surface area contributed by atoms with Gasteiger partial charge in [-0.25, -0.2) is 5.43 Å². The Bertz CT molecular complexity index is 749. The third-order valence-corrected chi connectivity index (χ3v) is 5.68. The Morgan fingerprint density at radius 1 is 1.00 bits per heavy atom. The van der Waals surface area contributed by atoms with Crippen molar-refractivity contribution in [1.29, 1.82) is 0 Å². The Morgan fingerprint density at radius 3 is 2.45 bits per heavy atom. The predicted molar refractivity (Wildman–Crippen MR) is 92.8 cm³/mol. The summed E-state index contributed by atoms with van der Waals surface area (Å²) in [5.74, 6) is 5.82. The van der Waals surface area contributed by atoms with Crippen LogP contribution >= 0.6 is 43.2 Å². The van der Waals surface area contributed by atoms with Crippen LogP contribution in [0.25, 0.3) is 10.8 Å². The Labute approximate surface area is 138 Å². The average molecular weight is 412 g/mol. The highest BCUT2D eigenvalue weighted by Crippen LogP contribution is 2.39. The highest BCUT2D eigenvalue weighted by Gasteiger charge is 2.19. The van der Waals surface area contributed by atoms with Crippen molar-refractivity contribution in [2.24, 2.45) is 5.84 Å². The number of nitrogens with two attached hydrogens (primary N) is 1. The molecule has 1 unspecified atom stereocenters. The standard InChI is InChI=1S/C15H12Br2N2S/c16-13-8-12(15(17)20-13)14(19-18)11-7-3-5-9-4-1-2-6-10(9)11/h1-8,14,19H,18H2. The third kappa shape index (κ3) is 2.56. The van der Waals surface area contributed by atoms with E-state index in [2.05, 4.69) is 79.8 Å². The number of hydrogen-bond donors (Lipinski definition) is 2.